The summed E-state index contributed by atoms with van der Waals surface area (Å²) >= 11 is 0. The number of ether oxygens (including phenoxy) is 1. The summed E-state index contributed by atoms with van der Waals surface area (Å²) < 4.78 is 6.84. The van der Waals surface area contributed by atoms with E-state index in [2.05, 4.69) is 10.1 Å². The predicted octanol–water partition coefficient (Wildman–Crippen LogP) is -1.11. The lowest BCUT2D eigenvalue weighted by Crippen LogP contribution is -2.50. The molecular weight excluding hydrogens is 224 g/mol. The van der Waals surface area contributed by atoms with E-state index in [1.165, 1.54) is 6.33 Å². The summed E-state index contributed by atoms with van der Waals surface area (Å²) in [6.07, 6.45) is 3.38. The largest absolute Gasteiger partial charge is 0.394 e. The van der Waals surface area contributed by atoms with Crippen LogP contribution in [0.4, 0.5) is 0 Å². The Morgan fingerprint density at radius 3 is 3.18 bits per heavy atom. The van der Waals surface area contributed by atoms with Crippen molar-refractivity contribution in [3.63, 3.8) is 0 Å². The Balaban J connectivity index is 1.85. The number of aliphatic hydroxyl groups is 1. The summed E-state index contributed by atoms with van der Waals surface area (Å²) in [5, 5.41) is 13.1. The van der Waals surface area contributed by atoms with E-state index in [1.807, 2.05) is 0 Å². The van der Waals surface area contributed by atoms with E-state index in [0.29, 0.717) is 32.7 Å². The molecule has 1 unspecified atom stereocenters. The molecular formula is C10H16N4O3. The van der Waals surface area contributed by atoms with Crippen molar-refractivity contribution < 1.29 is 14.6 Å². The molecule has 1 atom stereocenters. The first kappa shape index (κ1) is 12.0. The number of aryl methyl sites for hydroxylation is 1. The third-order valence-corrected chi connectivity index (χ3v) is 2.78. The highest BCUT2D eigenvalue weighted by Gasteiger charge is 2.26. The Hall–Kier alpha value is -1.47. The molecule has 1 fully saturated rings. The summed E-state index contributed by atoms with van der Waals surface area (Å²) in [6.45, 7) is 1.93. The van der Waals surface area contributed by atoms with Gasteiger partial charge in [-0.1, -0.05) is 0 Å². The van der Waals surface area contributed by atoms with Crippen LogP contribution in [0.3, 0.4) is 0 Å². The van der Waals surface area contributed by atoms with Crippen molar-refractivity contribution in [2.75, 3.05) is 26.4 Å². The molecule has 1 aromatic rings. The van der Waals surface area contributed by atoms with E-state index >= 15 is 0 Å². The average molecular weight is 240 g/mol. The fraction of sp³-hybridized carbons (Fsp3) is 0.700. The highest BCUT2D eigenvalue weighted by Crippen LogP contribution is 2.08. The van der Waals surface area contributed by atoms with E-state index in [0.717, 1.165) is 0 Å². The molecule has 1 aliphatic rings. The van der Waals surface area contributed by atoms with Gasteiger partial charge in [0.25, 0.3) is 0 Å². The molecule has 1 aliphatic heterocycles. The molecule has 1 aromatic heterocycles. The molecule has 2 rings (SSSR count). The van der Waals surface area contributed by atoms with Crippen molar-refractivity contribution in [2.24, 2.45) is 0 Å². The molecule has 0 aromatic carbocycles. The number of hydrogen-bond acceptors (Lipinski definition) is 5. The van der Waals surface area contributed by atoms with Crippen LogP contribution in [-0.4, -0.2) is 63.1 Å². The summed E-state index contributed by atoms with van der Waals surface area (Å²) in [5.41, 5.74) is 0. The highest BCUT2D eigenvalue weighted by molar-refractivity contribution is 5.76. The quantitative estimate of drug-likeness (QED) is 0.721. The molecule has 1 saturated heterocycles. The SMILES string of the molecule is O=C(CCn1cncn1)N1CCOCC1CO. The fourth-order valence-electron chi connectivity index (χ4n) is 1.84. The maximum atomic E-state index is 12.0. The van der Waals surface area contributed by atoms with Crippen molar-refractivity contribution in [2.45, 2.75) is 19.0 Å². The average Bonchev–Trinajstić information content (AvgIpc) is 2.89. The van der Waals surface area contributed by atoms with Crippen molar-refractivity contribution in [1.29, 1.82) is 0 Å². The minimum absolute atomic E-state index is 0.0165. The lowest BCUT2D eigenvalue weighted by atomic mass is 10.2. The van der Waals surface area contributed by atoms with Crippen molar-refractivity contribution in [1.82, 2.24) is 19.7 Å². The van der Waals surface area contributed by atoms with E-state index < -0.39 is 0 Å². The molecule has 0 saturated carbocycles. The van der Waals surface area contributed by atoms with Crippen LogP contribution in [0.5, 0.6) is 0 Å². The van der Waals surface area contributed by atoms with Crippen LogP contribution in [0.1, 0.15) is 6.42 Å². The first-order valence-corrected chi connectivity index (χ1v) is 5.61. The van der Waals surface area contributed by atoms with Crippen LogP contribution in [0.2, 0.25) is 0 Å². The Morgan fingerprint density at radius 1 is 1.59 bits per heavy atom. The summed E-state index contributed by atoms with van der Waals surface area (Å²) in [5.74, 6) is 0.0165. The zero-order valence-corrected chi connectivity index (χ0v) is 9.53. The molecule has 0 bridgehead atoms. The van der Waals surface area contributed by atoms with Crippen molar-refractivity contribution in [3.8, 4) is 0 Å². The van der Waals surface area contributed by atoms with Crippen LogP contribution in [-0.2, 0) is 16.1 Å². The first-order chi connectivity index (χ1) is 8.31. The Bertz CT molecular complexity index is 354. The normalized spacial score (nSPS) is 20.5. The molecule has 0 aliphatic carbocycles. The molecule has 7 nitrogen and oxygen atoms in total. The topological polar surface area (TPSA) is 80.5 Å². The van der Waals surface area contributed by atoms with Crippen molar-refractivity contribution in [3.05, 3.63) is 12.7 Å². The van der Waals surface area contributed by atoms with Gasteiger partial charge < -0.3 is 14.7 Å². The standard InChI is InChI=1S/C10H16N4O3/c15-5-9-6-17-4-3-14(9)10(16)1-2-13-8-11-7-12-13/h7-9,15H,1-6H2. The van der Waals surface area contributed by atoms with Gasteiger partial charge in [-0.3, -0.25) is 9.48 Å². The Labute approximate surface area is 99.0 Å². The minimum atomic E-state index is -0.216. The second kappa shape index (κ2) is 5.74. The third kappa shape index (κ3) is 3.01. The number of aromatic nitrogens is 3. The molecule has 2 heterocycles. The fourth-order valence-corrected chi connectivity index (χ4v) is 1.84. The molecule has 0 spiro atoms. The molecule has 94 valence electrons. The number of hydrogen-bond donors (Lipinski definition) is 1. The van der Waals surface area contributed by atoms with Gasteiger partial charge in [0, 0.05) is 13.0 Å². The molecule has 1 N–H and O–H groups in total. The van der Waals surface area contributed by atoms with Crippen LogP contribution < -0.4 is 0 Å². The maximum Gasteiger partial charge on any atom is 0.224 e. The van der Waals surface area contributed by atoms with Gasteiger partial charge in [-0.15, -0.1) is 0 Å². The van der Waals surface area contributed by atoms with Gasteiger partial charge in [-0.05, 0) is 0 Å². The van der Waals surface area contributed by atoms with Gasteiger partial charge in [0.1, 0.15) is 12.7 Å². The van der Waals surface area contributed by atoms with Gasteiger partial charge in [0.05, 0.1) is 32.4 Å². The zero-order chi connectivity index (χ0) is 12.1. The monoisotopic (exact) mass is 240 g/mol. The smallest absolute Gasteiger partial charge is 0.224 e. The van der Waals surface area contributed by atoms with Crippen LogP contribution >= 0.6 is 0 Å². The second-order valence-electron chi connectivity index (χ2n) is 3.91. The second-order valence-corrected chi connectivity index (χ2v) is 3.91. The number of nitrogens with zero attached hydrogens (tertiary/aromatic N) is 4. The number of aliphatic hydroxyl groups excluding tert-OH is 1. The number of carbonyl (C=O) groups is 1. The molecule has 0 radical (unpaired) electrons. The number of rotatable bonds is 4. The summed E-state index contributed by atoms with van der Waals surface area (Å²) in [6, 6.07) is -0.216. The van der Waals surface area contributed by atoms with Gasteiger partial charge in [-0.2, -0.15) is 5.10 Å². The van der Waals surface area contributed by atoms with E-state index in [-0.39, 0.29) is 18.6 Å². The van der Waals surface area contributed by atoms with Gasteiger partial charge in [0.15, 0.2) is 0 Å². The number of carbonyl (C=O) groups excluding carboxylic acids is 1. The Morgan fingerprint density at radius 2 is 2.47 bits per heavy atom. The van der Waals surface area contributed by atoms with Gasteiger partial charge in [0.2, 0.25) is 5.91 Å². The first-order valence-electron chi connectivity index (χ1n) is 5.61. The van der Waals surface area contributed by atoms with Crippen LogP contribution in [0, 0.1) is 0 Å². The van der Waals surface area contributed by atoms with Gasteiger partial charge >= 0.3 is 0 Å². The number of amides is 1. The minimum Gasteiger partial charge on any atom is -0.394 e. The van der Waals surface area contributed by atoms with E-state index in [1.54, 1.807) is 15.9 Å². The lowest BCUT2D eigenvalue weighted by Gasteiger charge is -2.34. The maximum absolute atomic E-state index is 12.0. The molecule has 17 heavy (non-hydrogen) atoms. The highest BCUT2D eigenvalue weighted by atomic mass is 16.5. The van der Waals surface area contributed by atoms with Crippen LogP contribution in [0.15, 0.2) is 12.7 Å². The van der Waals surface area contributed by atoms with Crippen molar-refractivity contribution >= 4 is 5.91 Å². The molecule has 1 amide bonds. The third-order valence-electron chi connectivity index (χ3n) is 2.78. The molecule has 7 heteroatoms. The van der Waals surface area contributed by atoms with Crippen LogP contribution in [0.25, 0.3) is 0 Å². The summed E-state index contributed by atoms with van der Waals surface area (Å²) in [4.78, 5) is 17.5. The van der Waals surface area contributed by atoms with Gasteiger partial charge in [-0.25, -0.2) is 4.98 Å². The van der Waals surface area contributed by atoms with E-state index in [9.17, 15) is 4.79 Å². The lowest BCUT2D eigenvalue weighted by molar-refractivity contribution is -0.141. The summed E-state index contributed by atoms with van der Waals surface area (Å²) in [7, 11) is 0. The number of morpholine rings is 1. The predicted molar refractivity (Wildman–Crippen MR) is 58.0 cm³/mol. The van der Waals surface area contributed by atoms with E-state index in [4.69, 9.17) is 9.84 Å². The Kier molecular flexibility index (Phi) is 4.05. The zero-order valence-electron chi connectivity index (χ0n) is 9.53.